The summed E-state index contributed by atoms with van der Waals surface area (Å²) in [6.45, 7) is 0. The molecule has 0 atom stereocenters. The molecule has 5 heteroatoms. The number of benzene rings is 1. The van der Waals surface area contributed by atoms with Gasteiger partial charge >= 0.3 is 0 Å². The Balaban J connectivity index is 2.71. The summed E-state index contributed by atoms with van der Waals surface area (Å²) in [4.78, 5) is 14.5. The molecule has 1 N–H and O–H groups in total. The summed E-state index contributed by atoms with van der Waals surface area (Å²) in [6.07, 6.45) is 2.06. The highest BCUT2D eigenvalue weighted by Crippen LogP contribution is 2.16. The monoisotopic (exact) mass is 237 g/mol. The van der Waals surface area contributed by atoms with Gasteiger partial charge in [0.15, 0.2) is 5.78 Å². The summed E-state index contributed by atoms with van der Waals surface area (Å²) in [5.74, 6) is -1.62. The Labute approximate surface area is 96.4 Å². The summed E-state index contributed by atoms with van der Waals surface area (Å²) < 4.78 is 24.6. The summed E-state index contributed by atoms with van der Waals surface area (Å²) in [5, 5.41) is 8.99. The standard InChI is InChI=1S/C12H9F2NO2/c13-6-5-12(17)7-9(14)8-15-10-1-3-11(16)4-2-10/h1-8,16H/b6-5+,9-7-,15-8?. The minimum absolute atomic E-state index is 0.0310. The molecule has 0 heterocycles. The molecule has 0 radical (unpaired) electrons. The number of rotatable bonds is 4. The van der Waals surface area contributed by atoms with E-state index >= 15 is 0 Å². The van der Waals surface area contributed by atoms with Crippen molar-refractivity contribution in [3.05, 3.63) is 48.6 Å². The molecule has 0 amide bonds. The van der Waals surface area contributed by atoms with E-state index in [-0.39, 0.29) is 12.1 Å². The van der Waals surface area contributed by atoms with Gasteiger partial charge in [0.05, 0.1) is 18.2 Å². The summed E-state index contributed by atoms with van der Waals surface area (Å²) >= 11 is 0. The van der Waals surface area contributed by atoms with Crippen LogP contribution in [0.1, 0.15) is 0 Å². The number of halogens is 2. The minimum atomic E-state index is -0.888. The van der Waals surface area contributed by atoms with E-state index in [0.29, 0.717) is 17.8 Å². The largest absolute Gasteiger partial charge is 0.508 e. The molecule has 88 valence electrons. The van der Waals surface area contributed by atoms with Crippen LogP contribution in [0, 0.1) is 0 Å². The van der Waals surface area contributed by atoms with Crippen molar-refractivity contribution in [3.63, 3.8) is 0 Å². The molecule has 1 aromatic carbocycles. The van der Waals surface area contributed by atoms with E-state index in [2.05, 4.69) is 4.99 Å². The lowest BCUT2D eigenvalue weighted by Gasteiger charge is -1.93. The Morgan fingerprint density at radius 2 is 1.94 bits per heavy atom. The Hall–Kier alpha value is -2.30. The van der Waals surface area contributed by atoms with Crippen LogP contribution in [0.4, 0.5) is 14.5 Å². The molecular formula is C12H9F2NO2. The number of hydrogen-bond acceptors (Lipinski definition) is 3. The maximum atomic E-state index is 13.0. The Kier molecular flexibility index (Phi) is 4.75. The van der Waals surface area contributed by atoms with Crippen LogP contribution in [0.2, 0.25) is 0 Å². The van der Waals surface area contributed by atoms with Crippen LogP contribution in [0.15, 0.2) is 53.6 Å². The van der Waals surface area contributed by atoms with E-state index in [1.165, 1.54) is 24.3 Å². The maximum Gasteiger partial charge on any atom is 0.183 e. The summed E-state index contributed by atoms with van der Waals surface area (Å²) in [5.41, 5.74) is 0.417. The van der Waals surface area contributed by atoms with Gasteiger partial charge in [-0.05, 0) is 24.3 Å². The van der Waals surface area contributed by atoms with Gasteiger partial charge in [0.2, 0.25) is 0 Å². The quantitative estimate of drug-likeness (QED) is 0.646. The van der Waals surface area contributed by atoms with E-state index in [4.69, 9.17) is 5.11 Å². The molecule has 0 aliphatic carbocycles. The lowest BCUT2D eigenvalue weighted by atomic mass is 10.3. The van der Waals surface area contributed by atoms with Crippen molar-refractivity contribution < 1.29 is 18.7 Å². The molecule has 0 fully saturated rings. The van der Waals surface area contributed by atoms with Crippen molar-refractivity contribution in [2.24, 2.45) is 4.99 Å². The fraction of sp³-hybridized carbons (Fsp3) is 0. The van der Waals surface area contributed by atoms with Crippen molar-refractivity contribution in [1.29, 1.82) is 0 Å². The molecule has 17 heavy (non-hydrogen) atoms. The second-order valence-corrected chi connectivity index (χ2v) is 3.00. The molecule has 0 aliphatic rings. The highest BCUT2D eigenvalue weighted by Gasteiger charge is 1.95. The number of carbonyl (C=O) groups is 1. The Bertz CT molecular complexity index is 476. The van der Waals surface area contributed by atoms with Crippen molar-refractivity contribution >= 4 is 17.7 Å². The number of phenolic OH excluding ortho intramolecular Hbond substituents is 1. The summed E-state index contributed by atoms with van der Waals surface area (Å²) in [6, 6.07) is 5.74. The molecule has 0 bridgehead atoms. The normalized spacial score (nSPS) is 12.5. The maximum absolute atomic E-state index is 13.0. The van der Waals surface area contributed by atoms with Crippen LogP contribution in [0.3, 0.4) is 0 Å². The molecule has 1 aromatic rings. The average molecular weight is 237 g/mol. The molecule has 0 unspecified atom stereocenters. The van der Waals surface area contributed by atoms with E-state index in [1.807, 2.05) is 0 Å². The van der Waals surface area contributed by atoms with Crippen LogP contribution in [-0.2, 0) is 4.79 Å². The van der Waals surface area contributed by atoms with Crippen LogP contribution in [0.5, 0.6) is 5.75 Å². The van der Waals surface area contributed by atoms with Crippen molar-refractivity contribution in [3.8, 4) is 5.75 Å². The predicted octanol–water partition coefficient (Wildman–Crippen LogP) is 3.00. The van der Waals surface area contributed by atoms with Crippen LogP contribution >= 0.6 is 0 Å². The molecule has 0 spiro atoms. The van der Waals surface area contributed by atoms with Gasteiger partial charge in [-0.15, -0.1) is 0 Å². The van der Waals surface area contributed by atoms with Crippen LogP contribution < -0.4 is 0 Å². The van der Waals surface area contributed by atoms with E-state index in [0.717, 1.165) is 6.21 Å². The third kappa shape index (κ3) is 4.83. The van der Waals surface area contributed by atoms with Gasteiger partial charge < -0.3 is 5.11 Å². The van der Waals surface area contributed by atoms with Gasteiger partial charge in [-0.2, -0.15) is 0 Å². The molecule has 0 aromatic heterocycles. The first-order valence-electron chi connectivity index (χ1n) is 4.63. The topological polar surface area (TPSA) is 49.7 Å². The van der Waals surface area contributed by atoms with Gasteiger partial charge in [0.25, 0.3) is 0 Å². The lowest BCUT2D eigenvalue weighted by molar-refractivity contribution is -0.110. The molecule has 1 rings (SSSR count). The molecule has 3 nitrogen and oxygen atoms in total. The van der Waals surface area contributed by atoms with E-state index in [9.17, 15) is 13.6 Å². The molecule has 0 aliphatic heterocycles. The van der Waals surface area contributed by atoms with Gasteiger partial charge in [-0.1, -0.05) is 0 Å². The first-order valence-corrected chi connectivity index (χ1v) is 4.63. The number of ketones is 1. The molecule has 0 saturated heterocycles. The zero-order chi connectivity index (χ0) is 12.7. The number of nitrogens with zero attached hydrogens (tertiary/aromatic N) is 1. The minimum Gasteiger partial charge on any atom is -0.508 e. The number of aliphatic imine (C=N–C) groups is 1. The van der Waals surface area contributed by atoms with Crippen molar-refractivity contribution in [2.45, 2.75) is 0 Å². The van der Waals surface area contributed by atoms with E-state index in [1.54, 1.807) is 0 Å². The molecule has 0 saturated carbocycles. The predicted molar refractivity (Wildman–Crippen MR) is 60.7 cm³/mol. The number of aromatic hydroxyl groups is 1. The number of phenols is 1. The number of carbonyl (C=O) groups excluding carboxylic acids is 1. The fourth-order valence-electron chi connectivity index (χ4n) is 0.958. The fourth-order valence-corrected chi connectivity index (χ4v) is 0.958. The number of allylic oxidation sites excluding steroid dienone is 3. The van der Waals surface area contributed by atoms with Crippen LogP contribution in [-0.4, -0.2) is 17.1 Å². The third-order valence-electron chi connectivity index (χ3n) is 1.69. The second-order valence-electron chi connectivity index (χ2n) is 3.00. The second kappa shape index (κ2) is 6.32. The Morgan fingerprint density at radius 1 is 1.29 bits per heavy atom. The average Bonchev–Trinajstić information content (AvgIpc) is 2.28. The highest BCUT2D eigenvalue weighted by atomic mass is 19.1. The first kappa shape index (κ1) is 12.8. The highest BCUT2D eigenvalue weighted by molar-refractivity contribution is 6.02. The zero-order valence-electron chi connectivity index (χ0n) is 8.68. The van der Waals surface area contributed by atoms with Crippen molar-refractivity contribution in [2.75, 3.05) is 0 Å². The van der Waals surface area contributed by atoms with Crippen molar-refractivity contribution in [1.82, 2.24) is 0 Å². The SMILES string of the molecule is O=C(/C=C(\F)C=Nc1ccc(O)cc1)/C=C/F. The molecular weight excluding hydrogens is 228 g/mol. The van der Waals surface area contributed by atoms with Crippen LogP contribution in [0.25, 0.3) is 0 Å². The number of hydrogen-bond donors (Lipinski definition) is 1. The van der Waals surface area contributed by atoms with Gasteiger partial charge in [0, 0.05) is 12.2 Å². The van der Waals surface area contributed by atoms with Gasteiger partial charge in [-0.3, -0.25) is 9.79 Å². The van der Waals surface area contributed by atoms with Gasteiger partial charge in [-0.25, -0.2) is 8.78 Å². The zero-order valence-corrected chi connectivity index (χ0v) is 8.68. The van der Waals surface area contributed by atoms with E-state index < -0.39 is 11.6 Å². The first-order chi connectivity index (χ1) is 8.11. The smallest absolute Gasteiger partial charge is 0.183 e. The lowest BCUT2D eigenvalue weighted by Crippen LogP contribution is -1.87. The Morgan fingerprint density at radius 3 is 2.53 bits per heavy atom. The van der Waals surface area contributed by atoms with Gasteiger partial charge in [0.1, 0.15) is 11.6 Å². The third-order valence-corrected chi connectivity index (χ3v) is 1.69. The summed E-state index contributed by atoms with van der Waals surface area (Å²) in [7, 11) is 0.